The van der Waals surface area contributed by atoms with Crippen LogP contribution in [0.2, 0.25) is 0 Å². The number of hydrogen-bond donors (Lipinski definition) is 1. The minimum absolute atomic E-state index is 0.0459. The number of aromatic nitrogens is 1. The predicted molar refractivity (Wildman–Crippen MR) is 86.6 cm³/mol. The van der Waals surface area contributed by atoms with Crippen molar-refractivity contribution >= 4 is 5.91 Å². The maximum absolute atomic E-state index is 12.8. The van der Waals surface area contributed by atoms with Crippen LogP contribution in [0.15, 0.2) is 18.3 Å². The second-order valence-corrected chi connectivity index (χ2v) is 6.35. The molecule has 0 saturated carbocycles. The van der Waals surface area contributed by atoms with Gasteiger partial charge in [-0.2, -0.15) is 0 Å². The van der Waals surface area contributed by atoms with Crippen LogP contribution in [0.1, 0.15) is 44.5 Å². The van der Waals surface area contributed by atoms with E-state index in [2.05, 4.69) is 22.1 Å². The van der Waals surface area contributed by atoms with Gasteiger partial charge in [0.15, 0.2) is 0 Å². The number of aryl methyl sites for hydroxylation is 1. The topological polar surface area (TPSA) is 54.5 Å². The van der Waals surface area contributed by atoms with Gasteiger partial charge >= 0.3 is 0 Å². The number of rotatable bonds is 5. The number of carbonyl (C=O) groups excluding carboxylic acids is 1. The van der Waals surface area contributed by atoms with E-state index >= 15 is 0 Å². The molecule has 122 valence electrons. The van der Waals surface area contributed by atoms with Crippen molar-refractivity contribution in [2.75, 3.05) is 26.3 Å². The van der Waals surface area contributed by atoms with Gasteiger partial charge < -0.3 is 10.1 Å². The van der Waals surface area contributed by atoms with E-state index in [1.165, 1.54) is 0 Å². The van der Waals surface area contributed by atoms with Gasteiger partial charge in [-0.25, -0.2) is 0 Å². The average Bonchev–Trinajstić information content (AvgIpc) is 2.53. The van der Waals surface area contributed by atoms with Crippen LogP contribution in [0.4, 0.5) is 0 Å². The Bertz CT molecular complexity index is 510. The Labute approximate surface area is 133 Å². The zero-order valence-electron chi connectivity index (χ0n) is 14.1. The number of pyridine rings is 1. The van der Waals surface area contributed by atoms with E-state index in [1.54, 1.807) is 6.20 Å². The highest BCUT2D eigenvalue weighted by atomic mass is 16.5. The highest BCUT2D eigenvalue weighted by Crippen LogP contribution is 2.20. The molecule has 5 heteroatoms. The minimum atomic E-state index is -0.541. The molecule has 0 aliphatic carbocycles. The number of nitrogens with zero attached hydrogens (tertiary/aromatic N) is 2. The fourth-order valence-electron chi connectivity index (χ4n) is 2.74. The van der Waals surface area contributed by atoms with Crippen LogP contribution in [0.5, 0.6) is 0 Å². The van der Waals surface area contributed by atoms with Crippen molar-refractivity contribution in [3.8, 4) is 0 Å². The van der Waals surface area contributed by atoms with Gasteiger partial charge in [-0.05, 0) is 44.9 Å². The van der Waals surface area contributed by atoms with Gasteiger partial charge in [0.05, 0.1) is 30.5 Å². The zero-order chi connectivity index (χ0) is 16.2. The maximum atomic E-state index is 12.8. The molecule has 5 nitrogen and oxygen atoms in total. The number of carbonyl (C=O) groups is 1. The van der Waals surface area contributed by atoms with Crippen LogP contribution in [-0.4, -0.2) is 47.6 Å². The molecule has 1 aromatic heterocycles. The molecule has 0 radical (unpaired) electrons. The highest BCUT2D eigenvalue weighted by molar-refractivity contribution is 5.85. The first kappa shape index (κ1) is 16.9. The zero-order valence-corrected chi connectivity index (χ0v) is 14.1. The summed E-state index contributed by atoms with van der Waals surface area (Å²) < 4.78 is 5.38. The normalized spacial score (nSPS) is 18.0. The van der Waals surface area contributed by atoms with E-state index in [9.17, 15) is 4.79 Å². The molecule has 1 aromatic rings. The van der Waals surface area contributed by atoms with Crippen molar-refractivity contribution < 1.29 is 9.53 Å². The Balaban J connectivity index is 2.08. The molecule has 1 saturated heterocycles. The van der Waals surface area contributed by atoms with E-state index in [1.807, 2.05) is 32.9 Å². The van der Waals surface area contributed by atoms with Crippen molar-refractivity contribution in [1.82, 2.24) is 15.2 Å². The van der Waals surface area contributed by atoms with Crippen LogP contribution in [0, 0.1) is 6.92 Å². The van der Waals surface area contributed by atoms with E-state index in [0.29, 0.717) is 13.2 Å². The molecule has 0 spiro atoms. The summed E-state index contributed by atoms with van der Waals surface area (Å²) >= 11 is 0. The fourth-order valence-corrected chi connectivity index (χ4v) is 2.74. The Morgan fingerprint density at radius 2 is 2.14 bits per heavy atom. The molecule has 0 aromatic carbocycles. The Kier molecular flexibility index (Phi) is 5.53. The molecule has 1 atom stereocenters. The molecule has 2 rings (SSSR count). The smallest absolute Gasteiger partial charge is 0.240 e. The molecule has 0 bridgehead atoms. The van der Waals surface area contributed by atoms with Gasteiger partial charge in [0.1, 0.15) is 0 Å². The number of morpholine rings is 1. The van der Waals surface area contributed by atoms with Crippen molar-refractivity contribution in [3.05, 3.63) is 29.6 Å². The number of ether oxygens (including phenoxy) is 1. The van der Waals surface area contributed by atoms with E-state index in [4.69, 9.17) is 4.74 Å². The lowest BCUT2D eigenvalue weighted by Gasteiger charge is -2.40. The number of amides is 1. The second-order valence-electron chi connectivity index (χ2n) is 6.35. The van der Waals surface area contributed by atoms with Gasteiger partial charge in [-0.15, -0.1) is 0 Å². The van der Waals surface area contributed by atoms with Crippen LogP contribution in [-0.2, 0) is 9.53 Å². The predicted octanol–water partition coefficient (Wildman–Crippen LogP) is 2.07. The van der Waals surface area contributed by atoms with Crippen molar-refractivity contribution in [1.29, 1.82) is 0 Å². The summed E-state index contributed by atoms with van der Waals surface area (Å²) in [6.45, 7) is 11.0. The van der Waals surface area contributed by atoms with Crippen LogP contribution >= 0.6 is 0 Å². The average molecular weight is 305 g/mol. The summed E-state index contributed by atoms with van der Waals surface area (Å²) in [6.07, 6.45) is 2.62. The number of hydrogen-bond acceptors (Lipinski definition) is 4. The molecule has 1 amide bonds. The van der Waals surface area contributed by atoms with Gasteiger partial charge in [0.25, 0.3) is 0 Å². The van der Waals surface area contributed by atoms with Gasteiger partial charge in [-0.1, -0.05) is 6.92 Å². The van der Waals surface area contributed by atoms with Crippen molar-refractivity contribution in [2.24, 2.45) is 0 Å². The molecule has 1 fully saturated rings. The molecule has 0 unspecified atom stereocenters. The Morgan fingerprint density at radius 3 is 2.73 bits per heavy atom. The van der Waals surface area contributed by atoms with Gasteiger partial charge in [-0.3, -0.25) is 14.7 Å². The lowest BCUT2D eigenvalue weighted by atomic mass is 9.99. The third-order valence-corrected chi connectivity index (χ3v) is 4.36. The largest absolute Gasteiger partial charge is 0.379 e. The molecule has 2 heterocycles. The summed E-state index contributed by atoms with van der Waals surface area (Å²) in [5.74, 6) is 0.0459. The van der Waals surface area contributed by atoms with E-state index in [-0.39, 0.29) is 11.9 Å². The summed E-state index contributed by atoms with van der Waals surface area (Å²) in [6, 6.07) is 3.96. The molecule has 22 heavy (non-hydrogen) atoms. The van der Waals surface area contributed by atoms with Crippen LogP contribution < -0.4 is 5.32 Å². The van der Waals surface area contributed by atoms with Crippen molar-refractivity contribution in [3.63, 3.8) is 0 Å². The van der Waals surface area contributed by atoms with Crippen molar-refractivity contribution in [2.45, 2.75) is 45.7 Å². The standard InChI is InChI=1S/C17H27N3O2/c1-5-14(15-12-13(2)6-7-18-15)19-16(21)17(3,4)20-8-10-22-11-9-20/h6-7,12,14H,5,8-11H2,1-4H3,(H,19,21)/t14-/m1/s1. The van der Waals surface area contributed by atoms with Gasteiger partial charge in [0.2, 0.25) is 5.91 Å². The second kappa shape index (κ2) is 7.20. The quantitative estimate of drug-likeness (QED) is 0.905. The molecule has 1 N–H and O–H groups in total. The lowest BCUT2D eigenvalue weighted by Crippen LogP contribution is -2.58. The Hall–Kier alpha value is -1.46. The Morgan fingerprint density at radius 1 is 1.45 bits per heavy atom. The lowest BCUT2D eigenvalue weighted by molar-refractivity contribution is -0.135. The first-order chi connectivity index (χ1) is 10.4. The van der Waals surface area contributed by atoms with E-state index < -0.39 is 5.54 Å². The summed E-state index contributed by atoms with van der Waals surface area (Å²) in [4.78, 5) is 19.4. The molecule has 1 aliphatic heterocycles. The molecule has 1 aliphatic rings. The first-order valence-corrected chi connectivity index (χ1v) is 8.01. The summed E-state index contributed by atoms with van der Waals surface area (Å²) in [5, 5.41) is 3.16. The van der Waals surface area contributed by atoms with E-state index in [0.717, 1.165) is 30.8 Å². The summed E-state index contributed by atoms with van der Waals surface area (Å²) in [7, 11) is 0. The van der Waals surface area contributed by atoms with Crippen LogP contribution in [0.3, 0.4) is 0 Å². The van der Waals surface area contributed by atoms with Gasteiger partial charge in [0, 0.05) is 19.3 Å². The molecular formula is C17H27N3O2. The van der Waals surface area contributed by atoms with Crippen LogP contribution in [0.25, 0.3) is 0 Å². The third-order valence-electron chi connectivity index (χ3n) is 4.36. The summed E-state index contributed by atoms with van der Waals surface area (Å²) in [5.41, 5.74) is 1.54. The fraction of sp³-hybridized carbons (Fsp3) is 0.647. The minimum Gasteiger partial charge on any atom is -0.379 e. The first-order valence-electron chi connectivity index (χ1n) is 8.01. The molecular weight excluding hydrogens is 278 g/mol. The maximum Gasteiger partial charge on any atom is 0.240 e. The number of nitrogens with one attached hydrogen (secondary N) is 1. The SMILES string of the molecule is CC[C@@H](NC(=O)C(C)(C)N1CCOCC1)c1cc(C)ccn1. The highest BCUT2D eigenvalue weighted by Gasteiger charge is 2.36. The third kappa shape index (κ3) is 3.84. The monoisotopic (exact) mass is 305 g/mol.